The Morgan fingerprint density at radius 3 is 2.52 bits per heavy atom. The lowest BCUT2D eigenvalue weighted by Gasteiger charge is -2.02. The van der Waals surface area contributed by atoms with E-state index in [4.69, 9.17) is 23.2 Å². The van der Waals surface area contributed by atoms with Gasteiger partial charge in [0.2, 0.25) is 0 Å². The van der Waals surface area contributed by atoms with Crippen molar-refractivity contribution in [3.05, 3.63) is 55.1 Å². The van der Waals surface area contributed by atoms with Crippen molar-refractivity contribution in [1.82, 2.24) is 9.13 Å². The monoisotopic (exact) mass is 340 g/mol. The highest BCUT2D eigenvalue weighted by Gasteiger charge is 2.18. The van der Waals surface area contributed by atoms with Crippen molar-refractivity contribution >= 4 is 51.4 Å². The molecule has 0 saturated heterocycles. The third kappa shape index (κ3) is 2.41. The van der Waals surface area contributed by atoms with Gasteiger partial charge in [0.05, 0.1) is 27.5 Å². The number of rotatable bonds is 3. The highest BCUT2D eigenvalue weighted by molar-refractivity contribution is 7.20. The van der Waals surface area contributed by atoms with Gasteiger partial charge in [0.1, 0.15) is 4.34 Å². The minimum atomic E-state index is -0.235. The van der Waals surface area contributed by atoms with Gasteiger partial charge in [-0.15, -0.1) is 11.3 Å². The van der Waals surface area contributed by atoms with Crippen molar-refractivity contribution in [2.75, 3.05) is 0 Å². The molecule has 0 spiro atoms. The van der Waals surface area contributed by atoms with Gasteiger partial charge < -0.3 is 0 Å². The Kier molecular flexibility index (Phi) is 3.65. The van der Waals surface area contributed by atoms with E-state index < -0.39 is 0 Å². The average Bonchev–Trinajstić information content (AvgIpc) is 2.92. The van der Waals surface area contributed by atoms with Crippen LogP contribution in [0.4, 0.5) is 0 Å². The van der Waals surface area contributed by atoms with Crippen molar-refractivity contribution in [2.24, 2.45) is 7.05 Å². The molecule has 0 amide bonds. The van der Waals surface area contributed by atoms with Gasteiger partial charge in [0, 0.05) is 7.05 Å². The lowest BCUT2D eigenvalue weighted by Crippen LogP contribution is -2.25. The van der Waals surface area contributed by atoms with Crippen molar-refractivity contribution in [3.63, 3.8) is 0 Å². The van der Waals surface area contributed by atoms with Crippen LogP contribution in [0.15, 0.2) is 35.1 Å². The van der Waals surface area contributed by atoms with E-state index >= 15 is 0 Å². The molecule has 0 aliphatic carbocycles. The first-order valence-corrected chi connectivity index (χ1v) is 7.68. The fraction of sp³-hybridized carbons (Fsp3) is 0.143. The zero-order valence-corrected chi connectivity index (χ0v) is 13.3. The maximum Gasteiger partial charge on any atom is 0.329 e. The number of imidazole rings is 1. The SMILES string of the molecule is Cn1c(=O)n(CC(=O)c2cc(Cl)sc2Cl)c2ccccc21. The molecule has 4 nitrogen and oxygen atoms in total. The molecule has 0 saturated carbocycles. The number of halogens is 2. The molecule has 0 radical (unpaired) electrons. The summed E-state index contributed by atoms with van der Waals surface area (Å²) in [5.41, 5.74) is 1.62. The lowest BCUT2D eigenvalue weighted by atomic mass is 10.2. The van der Waals surface area contributed by atoms with E-state index in [1.807, 2.05) is 24.3 Å². The summed E-state index contributed by atoms with van der Waals surface area (Å²) in [5, 5.41) is 0. The van der Waals surface area contributed by atoms with Gasteiger partial charge in [0.25, 0.3) is 0 Å². The molecule has 0 aliphatic heterocycles. The fourth-order valence-corrected chi connectivity index (χ4v) is 3.77. The van der Waals surface area contributed by atoms with Gasteiger partial charge in [-0.05, 0) is 18.2 Å². The number of aromatic nitrogens is 2. The Labute approximate surface area is 134 Å². The highest BCUT2D eigenvalue weighted by Crippen LogP contribution is 2.31. The second-order valence-electron chi connectivity index (χ2n) is 4.58. The highest BCUT2D eigenvalue weighted by atomic mass is 35.5. The van der Waals surface area contributed by atoms with Crippen molar-refractivity contribution in [3.8, 4) is 0 Å². The molecule has 2 heterocycles. The molecule has 0 fully saturated rings. The first-order valence-electron chi connectivity index (χ1n) is 6.11. The normalized spacial score (nSPS) is 11.2. The van der Waals surface area contributed by atoms with Crippen LogP contribution in [0.2, 0.25) is 8.67 Å². The third-order valence-electron chi connectivity index (χ3n) is 3.31. The topological polar surface area (TPSA) is 44.0 Å². The van der Waals surface area contributed by atoms with Crippen LogP contribution in [0.3, 0.4) is 0 Å². The summed E-state index contributed by atoms with van der Waals surface area (Å²) in [6.07, 6.45) is 0. The van der Waals surface area contributed by atoms with Gasteiger partial charge in [-0.1, -0.05) is 35.3 Å². The van der Waals surface area contributed by atoms with Crippen LogP contribution >= 0.6 is 34.5 Å². The third-order valence-corrected chi connectivity index (χ3v) is 4.80. The number of fused-ring (bicyclic) bond motifs is 1. The standard InChI is InChI=1S/C14H10Cl2N2O2S/c1-17-9-4-2-3-5-10(9)18(14(17)20)7-11(19)8-6-12(15)21-13(8)16/h2-6H,7H2,1H3. The van der Waals surface area contributed by atoms with E-state index in [0.29, 0.717) is 14.2 Å². The van der Waals surface area contributed by atoms with Crippen molar-refractivity contribution in [2.45, 2.75) is 6.54 Å². The van der Waals surface area contributed by atoms with E-state index in [2.05, 4.69) is 0 Å². The largest absolute Gasteiger partial charge is 0.329 e. The number of thiophene rings is 1. The molecule has 0 N–H and O–H groups in total. The summed E-state index contributed by atoms with van der Waals surface area (Å²) in [7, 11) is 1.68. The van der Waals surface area contributed by atoms with Gasteiger partial charge in [0.15, 0.2) is 5.78 Å². The number of para-hydroxylation sites is 2. The predicted molar refractivity (Wildman–Crippen MR) is 85.8 cm³/mol. The minimum absolute atomic E-state index is 0.0625. The number of Topliss-reactive ketones (excluding diaryl/α,β-unsaturated/α-hetero) is 1. The van der Waals surface area contributed by atoms with Crippen molar-refractivity contribution in [1.29, 1.82) is 0 Å². The maximum absolute atomic E-state index is 12.3. The molecule has 21 heavy (non-hydrogen) atoms. The second-order valence-corrected chi connectivity index (χ2v) is 6.86. The molecule has 0 atom stereocenters. The number of aryl methyl sites for hydroxylation is 1. The molecule has 7 heteroatoms. The van der Waals surface area contributed by atoms with E-state index in [0.717, 1.165) is 22.4 Å². The lowest BCUT2D eigenvalue weighted by molar-refractivity contribution is 0.0972. The Hall–Kier alpha value is -1.56. The first-order chi connectivity index (χ1) is 9.99. The van der Waals surface area contributed by atoms with Gasteiger partial charge in [-0.2, -0.15) is 0 Å². The van der Waals surface area contributed by atoms with Crippen molar-refractivity contribution < 1.29 is 4.79 Å². The second kappa shape index (κ2) is 5.33. The van der Waals surface area contributed by atoms with E-state index in [1.54, 1.807) is 7.05 Å². The summed E-state index contributed by atoms with van der Waals surface area (Å²) < 4.78 is 3.76. The molecule has 0 aliphatic rings. The number of hydrogen-bond donors (Lipinski definition) is 0. The van der Waals surface area contributed by atoms with Crippen LogP contribution in [0.1, 0.15) is 10.4 Å². The molecular weight excluding hydrogens is 331 g/mol. The maximum atomic E-state index is 12.3. The number of ketones is 1. The predicted octanol–water partition coefficient (Wildman–Crippen LogP) is 3.59. The van der Waals surface area contributed by atoms with Gasteiger partial charge in [-0.25, -0.2) is 4.79 Å². The summed E-state index contributed by atoms with van der Waals surface area (Å²) >= 11 is 13.0. The van der Waals surface area contributed by atoms with Crippen LogP contribution < -0.4 is 5.69 Å². The van der Waals surface area contributed by atoms with E-state index in [-0.39, 0.29) is 18.0 Å². The number of hydrogen-bond acceptors (Lipinski definition) is 3. The number of carbonyl (C=O) groups is 1. The molecule has 2 aromatic heterocycles. The Morgan fingerprint density at radius 1 is 1.24 bits per heavy atom. The Bertz CT molecular complexity index is 907. The van der Waals surface area contributed by atoms with Gasteiger partial charge >= 0.3 is 5.69 Å². The Balaban J connectivity index is 2.06. The average molecular weight is 341 g/mol. The summed E-state index contributed by atoms with van der Waals surface area (Å²) in [5.74, 6) is -0.235. The quantitative estimate of drug-likeness (QED) is 0.684. The van der Waals surface area contributed by atoms with E-state index in [1.165, 1.54) is 15.2 Å². The Morgan fingerprint density at radius 2 is 1.90 bits per heavy atom. The van der Waals surface area contributed by atoms with E-state index in [9.17, 15) is 9.59 Å². The molecule has 3 aromatic rings. The van der Waals surface area contributed by atoms with Crippen LogP contribution in [-0.4, -0.2) is 14.9 Å². The molecule has 0 unspecified atom stereocenters. The summed E-state index contributed by atoms with van der Waals surface area (Å²) in [4.78, 5) is 24.6. The number of nitrogens with zero attached hydrogens (tertiary/aromatic N) is 2. The van der Waals surface area contributed by atoms with Crippen LogP contribution in [0.5, 0.6) is 0 Å². The van der Waals surface area contributed by atoms with Gasteiger partial charge in [-0.3, -0.25) is 13.9 Å². The van der Waals surface area contributed by atoms with Crippen LogP contribution in [0, 0.1) is 0 Å². The molecule has 0 bridgehead atoms. The summed E-state index contributed by atoms with van der Waals surface area (Å²) in [6.45, 7) is -0.0625. The molecule has 1 aromatic carbocycles. The summed E-state index contributed by atoms with van der Waals surface area (Å²) in [6, 6.07) is 8.87. The zero-order valence-electron chi connectivity index (χ0n) is 11.0. The zero-order chi connectivity index (χ0) is 15.1. The smallest absolute Gasteiger partial charge is 0.295 e. The number of carbonyl (C=O) groups excluding carboxylic acids is 1. The fourth-order valence-electron chi connectivity index (χ4n) is 2.28. The first kappa shape index (κ1) is 14.4. The minimum Gasteiger partial charge on any atom is -0.295 e. The van der Waals surface area contributed by atoms with Crippen LogP contribution in [-0.2, 0) is 13.6 Å². The molecular formula is C14H10Cl2N2O2S. The molecule has 3 rings (SSSR count). The molecule has 108 valence electrons. The number of benzene rings is 1. The van der Waals surface area contributed by atoms with Crippen LogP contribution in [0.25, 0.3) is 11.0 Å².